The second-order valence-electron chi connectivity index (χ2n) is 4.62. The van der Waals surface area contributed by atoms with Crippen LogP contribution in [0.5, 0.6) is 5.75 Å². The Morgan fingerprint density at radius 2 is 1.95 bits per heavy atom. The minimum atomic E-state index is -2.77. The molecular weight excluding hydrogens is 280 g/mol. The number of aryl methyl sites for hydroxylation is 1. The molecule has 0 aliphatic heterocycles. The predicted molar refractivity (Wildman–Crippen MR) is 78.8 cm³/mol. The zero-order chi connectivity index (χ0) is 14.4. The highest BCUT2D eigenvalue weighted by Crippen LogP contribution is 2.18. The first-order chi connectivity index (χ1) is 9.63. The van der Waals surface area contributed by atoms with E-state index >= 15 is 0 Å². The fourth-order valence-corrected chi connectivity index (χ4v) is 2.52. The second-order valence-corrected chi connectivity index (χ2v) is 5.40. The molecule has 0 spiro atoms. The molecule has 2 aromatic rings. The number of benzene rings is 1. The number of nitrogens with one attached hydrogen (secondary N) is 1. The Labute approximate surface area is 121 Å². The lowest BCUT2D eigenvalue weighted by atomic mass is 10.1. The molecule has 2 rings (SSSR count). The number of ether oxygens (including phenoxy) is 1. The topological polar surface area (TPSA) is 21.3 Å². The van der Waals surface area contributed by atoms with Gasteiger partial charge in [0, 0.05) is 17.1 Å². The highest BCUT2D eigenvalue weighted by molar-refractivity contribution is 7.08. The number of hydrogen-bond donors (Lipinski definition) is 1. The second kappa shape index (κ2) is 7.24. The number of alkyl halides is 2. The van der Waals surface area contributed by atoms with Crippen molar-refractivity contribution in [1.29, 1.82) is 0 Å². The van der Waals surface area contributed by atoms with Gasteiger partial charge in [0.15, 0.2) is 0 Å². The van der Waals surface area contributed by atoms with Crippen molar-refractivity contribution in [2.24, 2.45) is 0 Å². The lowest BCUT2D eigenvalue weighted by molar-refractivity contribution is -0.0498. The summed E-state index contributed by atoms with van der Waals surface area (Å²) in [6.45, 7) is -0.637. The van der Waals surface area contributed by atoms with E-state index in [-0.39, 0.29) is 5.75 Å². The number of hydrogen-bond acceptors (Lipinski definition) is 3. The first-order valence-electron chi connectivity index (χ1n) is 6.46. The largest absolute Gasteiger partial charge is 0.435 e. The SMILES string of the molecule is CC(CCc1ccc(OC(F)F)cc1)Nc1ccsc1. The van der Waals surface area contributed by atoms with E-state index in [1.54, 1.807) is 23.5 Å². The Bertz CT molecular complexity index is 499. The molecule has 20 heavy (non-hydrogen) atoms. The molecule has 0 radical (unpaired) electrons. The third kappa shape index (κ3) is 4.81. The molecule has 1 heterocycles. The fraction of sp³-hybridized carbons (Fsp3) is 0.333. The van der Waals surface area contributed by atoms with Crippen LogP contribution in [0.25, 0.3) is 0 Å². The van der Waals surface area contributed by atoms with Gasteiger partial charge in [-0.25, -0.2) is 0 Å². The van der Waals surface area contributed by atoms with Gasteiger partial charge in [0.1, 0.15) is 5.75 Å². The number of anilines is 1. The van der Waals surface area contributed by atoms with Gasteiger partial charge < -0.3 is 10.1 Å². The van der Waals surface area contributed by atoms with E-state index in [1.807, 2.05) is 17.5 Å². The summed E-state index contributed by atoms with van der Waals surface area (Å²) < 4.78 is 28.4. The van der Waals surface area contributed by atoms with Crippen LogP contribution in [0.2, 0.25) is 0 Å². The van der Waals surface area contributed by atoms with Crippen LogP contribution in [-0.4, -0.2) is 12.7 Å². The van der Waals surface area contributed by atoms with E-state index in [9.17, 15) is 8.78 Å². The van der Waals surface area contributed by atoms with Crippen molar-refractivity contribution in [3.05, 3.63) is 46.7 Å². The Kier molecular flexibility index (Phi) is 5.35. The van der Waals surface area contributed by atoms with E-state index in [4.69, 9.17) is 0 Å². The summed E-state index contributed by atoms with van der Waals surface area (Å²) in [7, 11) is 0. The third-order valence-corrected chi connectivity index (χ3v) is 3.63. The molecule has 1 aromatic heterocycles. The van der Waals surface area contributed by atoms with Gasteiger partial charge in [-0.15, -0.1) is 0 Å². The summed E-state index contributed by atoms with van der Waals surface area (Å²) in [6, 6.07) is 9.24. The number of halogens is 2. The van der Waals surface area contributed by atoms with Gasteiger partial charge in [0.2, 0.25) is 0 Å². The van der Waals surface area contributed by atoms with Gasteiger partial charge in [0.25, 0.3) is 0 Å². The summed E-state index contributed by atoms with van der Waals surface area (Å²) in [5, 5.41) is 7.53. The molecule has 0 amide bonds. The Hall–Kier alpha value is -1.62. The van der Waals surface area contributed by atoms with E-state index in [2.05, 4.69) is 28.4 Å². The minimum Gasteiger partial charge on any atom is -0.435 e. The predicted octanol–water partition coefficient (Wildman–Crippen LogP) is 4.78. The van der Waals surface area contributed by atoms with Crippen molar-refractivity contribution in [3.8, 4) is 5.75 Å². The minimum absolute atomic E-state index is 0.202. The molecular formula is C15H17F2NOS. The Balaban J connectivity index is 1.78. The molecule has 0 bridgehead atoms. The van der Waals surface area contributed by atoms with Crippen molar-refractivity contribution in [3.63, 3.8) is 0 Å². The van der Waals surface area contributed by atoms with E-state index < -0.39 is 6.61 Å². The van der Waals surface area contributed by atoms with Gasteiger partial charge in [0.05, 0.1) is 0 Å². The maximum atomic E-state index is 12.0. The van der Waals surface area contributed by atoms with Gasteiger partial charge in [-0.3, -0.25) is 0 Å². The third-order valence-electron chi connectivity index (χ3n) is 2.95. The molecule has 1 atom stereocenters. The molecule has 0 aliphatic rings. The molecule has 0 aliphatic carbocycles. The zero-order valence-corrected chi connectivity index (χ0v) is 12.0. The molecule has 1 N–H and O–H groups in total. The number of thiophene rings is 1. The Morgan fingerprint density at radius 3 is 2.55 bits per heavy atom. The summed E-state index contributed by atoms with van der Waals surface area (Å²) in [6.07, 6.45) is 1.87. The molecule has 0 saturated carbocycles. The molecule has 0 fully saturated rings. The summed E-state index contributed by atoms with van der Waals surface area (Å²) in [5.74, 6) is 0.202. The molecule has 2 nitrogen and oxygen atoms in total. The van der Waals surface area contributed by atoms with Crippen LogP contribution in [0.1, 0.15) is 18.9 Å². The maximum Gasteiger partial charge on any atom is 0.387 e. The van der Waals surface area contributed by atoms with Crippen LogP contribution >= 0.6 is 11.3 Å². The van der Waals surface area contributed by atoms with Crippen LogP contribution in [0.15, 0.2) is 41.1 Å². The zero-order valence-electron chi connectivity index (χ0n) is 11.2. The van der Waals surface area contributed by atoms with Crippen LogP contribution in [0.4, 0.5) is 14.5 Å². The Morgan fingerprint density at radius 1 is 1.20 bits per heavy atom. The summed E-state index contributed by atoms with van der Waals surface area (Å²) in [4.78, 5) is 0. The lowest BCUT2D eigenvalue weighted by Crippen LogP contribution is -2.15. The molecule has 5 heteroatoms. The molecule has 1 aromatic carbocycles. The van der Waals surface area contributed by atoms with Crippen molar-refractivity contribution in [2.75, 3.05) is 5.32 Å². The van der Waals surface area contributed by atoms with Crippen LogP contribution < -0.4 is 10.1 Å². The van der Waals surface area contributed by atoms with Crippen molar-refractivity contribution >= 4 is 17.0 Å². The first kappa shape index (κ1) is 14.8. The highest BCUT2D eigenvalue weighted by atomic mass is 32.1. The molecule has 0 saturated heterocycles. The van der Waals surface area contributed by atoms with Crippen LogP contribution in [-0.2, 0) is 6.42 Å². The average molecular weight is 297 g/mol. The van der Waals surface area contributed by atoms with Crippen molar-refractivity contribution in [1.82, 2.24) is 0 Å². The monoisotopic (exact) mass is 297 g/mol. The normalized spacial score (nSPS) is 12.4. The standard InChI is InChI=1S/C15H17F2NOS/c1-11(18-13-8-9-20-10-13)2-3-12-4-6-14(7-5-12)19-15(16)17/h4-11,15,18H,2-3H2,1H3. The van der Waals surface area contributed by atoms with Crippen LogP contribution in [0.3, 0.4) is 0 Å². The molecule has 1 unspecified atom stereocenters. The first-order valence-corrected chi connectivity index (χ1v) is 7.40. The van der Waals surface area contributed by atoms with Gasteiger partial charge in [-0.1, -0.05) is 12.1 Å². The molecule has 108 valence electrons. The van der Waals surface area contributed by atoms with Crippen molar-refractivity contribution in [2.45, 2.75) is 32.4 Å². The fourth-order valence-electron chi connectivity index (χ4n) is 1.92. The summed E-state index contributed by atoms with van der Waals surface area (Å²) >= 11 is 1.66. The maximum absolute atomic E-state index is 12.0. The van der Waals surface area contributed by atoms with Gasteiger partial charge in [-0.05, 0) is 48.9 Å². The van der Waals surface area contributed by atoms with Gasteiger partial charge in [-0.2, -0.15) is 20.1 Å². The smallest absolute Gasteiger partial charge is 0.387 e. The quantitative estimate of drug-likeness (QED) is 0.794. The number of rotatable bonds is 7. The van der Waals surface area contributed by atoms with E-state index in [0.29, 0.717) is 6.04 Å². The van der Waals surface area contributed by atoms with Crippen LogP contribution in [0, 0.1) is 0 Å². The average Bonchev–Trinajstić information content (AvgIpc) is 2.90. The van der Waals surface area contributed by atoms with Gasteiger partial charge >= 0.3 is 6.61 Å². The van der Waals surface area contributed by atoms with E-state index in [0.717, 1.165) is 24.1 Å². The van der Waals surface area contributed by atoms with Crippen molar-refractivity contribution < 1.29 is 13.5 Å². The summed E-state index contributed by atoms with van der Waals surface area (Å²) in [5.41, 5.74) is 2.26. The highest BCUT2D eigenvalue weighted by Gasteiger charge is 2.05. The van der Waals surface area contributed by atoms with E-state index in [1.165, 1.54) is 0 Å². The lowest BCUT2D eigenvalue weighted by Gasteiger charge is -2.14.